The molecule has 0 aromatic heterocycles. The van der Waals surface area contributed by atoms with Crippen LogP contribution in [-0.2, 0) is 28.7 Å². The number of benzene rings is 3. The SMILES string of the molecule is CC(C)OP(=O)(COC1(COC(c2ccccc2)(c2ccccc2)c2ccccc2)CC1)OC(C)C. The van der Waals surface area contributed by atoms with Crippen molar-refractivity contribution in [1.82, 2.24) is 0 Å². The minimum atomic E-state index is -3.40. The molecule has 4 rings (SSSR count). The van der Waals surface area contributed by atoms with Crippen molar-refractivity contribution in [1.29, 1.82) is 0 Å². The van der Waals surface area contributed by atoms with Crippen LogP contribution in [0.4, 0.5) is 0 Å². The lowest BCUT2D eigenvalue weighted by Crippen LogP contribution is -2.37. The minimum absolute atomic E-state index is 0.0955. The van der Waals surface area contributed by atoms with Gasteiger partial charge in [-0.1, -0.05) is 91.0 Å². The van der Waals surface area contributed by atoms with Gasteiger partial charge in [-0.15, -0.1) is 0 Å². The van der Waals surface area contributed by atoms with Crippen LogP contribution in [0.5, 0.6) is 0 Å². The van der Waals surface area contributed by atoms with Crippen molar-refractivity contribution in [3.8, 4) is 0 Å². The van der Waals surface area contributed by atoms with E-state index >= 15 is 0 Å². The van der Waals surface area contributed by atoms with E-state index in [1.807, 2.05) is 82.3 Å². The van der Waals surface area contributed by atoms with Crippen LogP contribution in [-0.4, -0.2) is 30.8 Å². The average molecular weight is 509 g/mol. The third kappa shape index (κ3) is 6.34. The zero-order chi connectivity index (χ0) is 25.7. The Morgan fingerprint density at radius 1 is 0.722 bits per heavy atom. The van der Waals surface area contributed by atoms with Crippen LogP contribution in [0.15, 0.2) is 91.0 Å². The summed E-state index contributed by atoms with van der Waals surface area (Å²) in [6.07, 6.45) is 1.09. The van der Waals surface area contributed by atoms with E-state index < -0.39 is 18.8 Å². The van der Waals surface area contributed by atoms with Crippen molar-refractivity contribution in [3.05, 3.63) is 108 Å². The van der Waals surface area contributed by atoms with E-state index in [4.69, 9.17) is 18.5 Å². The lowest BCUT2D eigenvalue weighted by Gasteiger charge is -2.37. The highest BCUT2D eigenvalue weighted by Crippen LogP contribution is 2.54. The van der Waals surface area contributed by atoms with Crippen LogP contribution in [0.25, 0.3) is 0 Å². The molecule has 6 heteroatoms. The fourth-order valence-electron chi connectivity index (χ4n) is 4.42. The normalized spacial score (nSPS) is 15.4. The largest absolute Gasteiger partial charge is 0.360 e. The Hall–Kier alpha value is -2.27. The molecule has 3 aromatic rings. The van der Waals surface area contributed by atoms with E-state index in [0.717, 1.165) is 29.5 Å². The molecule has 5 nitrogen and oxygen atoms in total. The predicted octanol–water partition coefficient (Wildman–Crippen LogP) is 7.54. The Morgan fingerprint density at radius 2 is 1.11 bits per heavy atom. The van der Waals surface area contributed by atoms with Crippen LogP contribution < -0.4 is 0 Å². The van der Waals surface area contributed by atoms with Crippen LogP contribution in [0.3, 0.4) is 0 Å². The molecule has 0 amide bonds. The molecule has 192 valence electrons. The molecule has 1 saturated carbocycles. The molecule has 0 atom stereocenters. The van der Waals surface area contributed by atoms with E-state index in [9.17, 15) is 4.57 Å². The third-order valence-electron chi connectivity index (χ3n) is 6.17. The zero-order valence-corrected chi connectivity index (χ0v) is 22.5. The standard InChI is InChI=1S/C30H37O5P/c1-24(2)34-36(31,35-25(3)4)23-33-29(20-21-29)22-32-30(26-14-8-5-9-15-26,27-16-10-6-11-17-27)28-18-12-7-13-19-28/h5-19,24-25H,20-23H2,1-4H3. The molecule has 1 fully saturated rings. The number of ether oxygens (including phenoxy) is 2. The lowest BCUT2D eigenvalue weighted by atomic mass is 9.80. The van der Waals surface area contributed by atoms with Crippen molar-refractivity contribution in [2.75, 3.05) is 13.0 Å². The van der Waals surface area contributed by atoms with Crippen molar-refractivity contribution in [2.45, 2.75) is 63.9 Å². The molecular formula is C30H37O5P. The van der Waals surface area contributed by atoms with Crippen molar-refractivity contribution < 1.29 is 23.1 Å². The molecule has 0 unspecified atom stereocenters. The topological polar surface area (TPSA) is 54.0 Å². The van der Waals surface area contributed by atoms with Gasteiger partial charge in [0.25, 0.3) is 0 Å². The average Bonchev–Trinajstić information content (AvgIpc) is 3.65. The van der Waals surface area contributed by atoms with Crippen molar-refractivity contribution >= 4 is 7.60 Å². The molecule has 3 aromatic carbocycles. The maximum absolute atomic E-state index is 13.4. The second-order valence-electron chi connectivity index (χ2n) is 9.94. The molecule has 1 aliphatic carbocycles. The van der Waals surface area contributed by atoms with Gasteiger partial charge < -0.3 is 18.5 Å². The third-order valence-corrected chi connectivity index (χ3v) is 8.10. The van der Waals surface area contributed by atoms with Gasteiger partial charge in [0, 0.05) is 0 Å². The van der Waals surface area contributed by atoms with Crippen LogP contribution in [0.1, 0.15) is 57.2 Å². The Labute approximate surface area is 215 Å². The van der Waals surface area contributed by atoms with Gasteiger partial charge in [-0.2, -0.15) is 0 Å². The predicted molar refractivity (Wildman–Crippen MR) is 143 cm³/mol. The summed E-state index contributed by atoms with van der Waals surface area (Å²) in [4.78, 5) is 0. The maximum Gasteiger partial charge on any atom is 0.356 e. The monoisotopic (exact) mass is 508 g/mol. The first kappa shape index (κ1) is 26.8. The molecule has 0 heterocycles. The summed E-state index contributed by atoms with van der Waals surface area (Å²) in [5.74, 6) is 0. The maximum atomic E-state index is 13.4. The lowest BCUT2D eigenvalue weighted by molar-refractivity contribution is -0.0721. The quantitative estimate of drug-likeness (QED) is 0.176. The number of hydrogen-bond donors (Lipinski definition) is 0. The first-order valence-corrected chi connectivity index (χ1v) is 14.4. The number of hydrogen-bond acceptors (Lipinski definition) is 5. The molecule has 1 aliphatic rings. The molecule has 0 saturated heterocycles. The summed E-state index contributed by atoms with van der Waals surface area (Å²) in [6, 6.07) is 30.8. The van der Waals surface area contributed by atoms with Gasteiger partial charge in [-0.25, -0.2) is 0 Å². The molecule has 0 N–H and O–H groups in total. The number of rotatable bonds is 13. The second kappa shape index (κ2) is 11.4. The highest BCUT2D eigenvalue weighted by Gasteiger charge is 2.49. The molecular weight excluding hydrogens is 471 g/mol. The van der Waals surface area contributed by atoms with E-state index in [2.05, 4.69) is 36.4 Å². The van der Waals surface area contributed by atoms with Gasteiger partial charge in [0.05, 0.1) is 24.4 Å². The Kier molecular flexibility index (Phi) is 8.49. The molecule has 0 aliphatic heterocycles. The fraction of sp³-hybridized carbons (Fsp3) is 0.400. The smallest absolute Gasteiger partial charge is 0.356 e. The molecule has 36 heavy (non-hydrogen) atoms. The molecule has 0 spiro atoms. The van der Waals surface area contributed by atoms with Gasteiger partial charge in [-0.3, -0.25) is 4.57 Å². The Balaban J connectivity index is 1.64. The van der Waals surface area contributed by atoms with Crippen molar-refractivity contribution in [3.63, 3.8) is 0 Å². The van der Waals surface area contributed by atoms with Gasteiger partial charge in [0.2, 0.25) is 0 Å². The van der Waals surface area contributed by atoms with Crippen molar-refractivity contribution in [2.24, 2.45) is 0 Å². The molecule has 0 bridgehead atoms. The fourth-order valence-corrected chi connectivity index (χ4v) is 6.31. The highest BCUT2D eigenvalue weighted by molar-refractivity contribution is 7.53. The van der Waals surface area contributed by atoms with Crippen LogP contribution in [0.2, 0.25) is 0 Å². The first-order valence-electron chi connectivity index (χ1n) is 12.7. The van der Waals surface area contributed by atoms with E-state index in [1.54, 1.807) is 0 Å². The first-order chi connectivity index (χ1) is 17.3. The van der Waals surface area contributed by atoms with Gasteiger partial charge >= 0.3 is 7.60 Å². The van der Waals surface area contributed by atoms with E-state index in [1.165, 1.54) is 0 Å². The summed E-state index contributed by atoms with van der Waals surface area (Å²) in [7, 11) is -3.40. The summed E-state index contributed by atoms with van der Waals surface area (Å²) < 4.78 is 38.0. The van der Waals surface area contributed by atoms with Gasteiger partial charge in [0.15, 0.2) is 0 Å². The highest BCUT2D eigenvalue weighted by atomic mass is 31.2. The molecule has 0 radical (unpaired) electrons. The summed E-state index contributed by atoms with van der Waals surface area (Å²) in [5, 5.41) is 0. The van der Waals surface area contributed by atoms with Gasteiger partial charge in [0.1, 0.15) is 11.9 Å². The van der Waals surface area contributed by atoms with Gasteiger partial charge in [-0.05, 0) is 57.2 Å². The summed E-state index contributed by atoms with van der Waals surface area (Å²) in [5.41, 5.74) is 1.76. The zero-order valence-electron chi connectivity index (χ0n) is 21.6. The second-order valence-corrected chi connectivity index (χ2v) is 11.8. The Morgan fingerprint density at radius 3 is 1.44 bits per heavy atom. The van der Waals surface area contributed by atoms with E-state index in [-0.39, 0.29) is 18.6 Å². The Bertz CT molecular complexity index is 1020. The summed E-state index contributed by atoms with van der Waals surface area (Å²) in [6.45, 7) is 7.73. The summed E-state index contributed by atoms with van der Waals surface area (Å²) >= 11 is 0. The van der Waals surface area contributed by atoms with E-state index in [0.29, 0.717) is 6.61 Å². The minimum Gasteiger partial charge on any atom is -0.360 e. The van der Waals surface area contributed by atoms with Crippen LogP contribution >= 0.6 is 7.60 Å². The van der Waals surface area contributed by atoms with Crippen LogP contribution in [0, 0.1) is 0 Å².